The van der Waals surface area contributed by atoms with Gasteiger partial charge in [-0.2, -0.15) is 0 Å². The Kier molecular flexibility index (Phi) is 5.49. The molecule has 1 heterocycles. The number of aromatic nitrogens is 2. The number of nitro benzene ring substituents is 1. The highest BCUT2D eigenvalue weighted by Crippen LogP contribution is 2.28. The molecule has 3 rings (SSSR count). The minimum atomic E-state index is -0.697. The van der Waals surface area contributed by atoms with E-state index in [2.05, 4.69) is 10.3 Å². The summed E-state index contributed by atoms with van der Waals surface area (Å²) in [6.07, 6.45) is 1.51. The molecule has 3 aromatic rings. The van der Waals surface area contributed by atoms with Gasteiger partial charge in [-0.15, -0.1) is 0 Å². The van der Waals surface area contributed by atoms with Crippen LogP contribution in [0.3, 0.4) is 0 Å². The molecule has 0 saturated heterocycles. The molecule has 0 atom stereocenters. The molecule has 144 valence electrons. The lowest BCUT2D eigenvalue weighted by Crippen LogP contribution is -2.23. The first-order valence-electron chi connectivity index (χ1n) is 8.15. The Balaban J connectivity index is 1.58. The molecule has 0 aliphatic heterocycles. The summed E-state index contributed by atoms with van der Waals surface area (Å²) in [5.74, 6) is -1.05. The van der Waals surface area contributed by atoms with Gasteiger partial charge in [0.05, 0.1) is 35.5 Å². The molecule has 0 unspecified atom stereocenters. The number of nitrogens with one attached hydrogen (secondary N) is 1. The van der Waals surface area contributed by atoms with Gasteiger partial charge in [0.25, 0.3) is 11.6 Å². The van der Waals surface area contributed by atoms with Crippen LogP contribution in [0.2, 0.25) is 0 Å². The third-order valence-corrected chi connectivity index (χ3v) is 3.87. The first-order valence-corrected chi connectivity index (χ1v) is 8.15. The van der Waals surface area contributed by atoms with Crippen LogP contribution in [0.4, 0.5) is 11.4 Å². The topological polar surface area (TPSA) is 126 Å². The minimum absolute atomic E-state index is 0.0209. The third kappa shape index (κ3) is 4.23. The Morgan fingerprint density at radius 1 is 1.25 bits per heavy atom. The van der Waals surface area contributed by atoms with Gasteiger partial charge >= 0.3 is 5.97 Å². The smallest absolute Gasteiger partial charge is 0.326 e. The number of para-hydroxylation sites is 2. The SMILES string of the molecule is COc1ccc(NC(=O)COC(=O)Cn2cnc3ccccc32)c([N+](=O)[O-])c1. The molecule has 10 nitrogen and oxygen atoms in total. The van der Waals surface area contributed by atoms with Crippen molar-refractivity contribution in [2.45, 2.75) is 6.54 Å². The number of methoxy groups -OCH3 is 1. The number of carbonyl (C=O) groups is 2. The number of carbonyl (C=O) groups excluding carboxylic acids is 2. The number of hydrogen-bond acceptors (Lipinski definition) is 7. The van der Waals surface area contributed by atoms with Crippen LogP contribution in [0.25, 0.3) is 11.0 Å². The monoisotopic (exact) mass is 384 g/mol. The van der Waals surface area contributed by atoms with Crippen LogP contribution in [0, 0.1) is 10.1 Å². The Bertz CT molecular complexity index is 1050. The highest BCUT2D eigenvalue weighted by molar-refractivity contribution is 5.95. The molecule has 0 bridgehead atoms. The zero-order valence-corrected chi connectivity index (χ0v) is 14.8. The predicted molar refractivity (Wildman–Crippen MR) is 99.0 cm³/mol. The number of benzene rings is 2. The van der Waals surface area contributed by atoms with Gasteiger partial charge in [-0.3, -0.25) is 19.7 Å². The van der Waals surface area contributed by atoms with E-state index in [9.17, 15) is 19.7 Å². The number of ether oxygens (including phenoxy) is 2. The predicted octanol–water partition coefficient (Wildman–Crippen LogP) is 2.13. The van der Waals surface area contributed by atoms with Crippen molar-refractivity contribution >= 4 is 34.3 Å². The summed E-state index contributed by atoms with van der Waals surface area (Å²) in [6, 6.07) is 11.3. The molecule has 0 aliphatic carbocycles. The number of hydrogen-bond donors (Lipinski definition) is 1. The molecular formula is C18H16N4O6. The molecule has 0 aliphatic rings. The second-order valence-electron chi connectivity index (χ2n) is 5.71. The zero-order chi connectivity index (χ0) is 20.1. The molecule has 1 N–H and O–H groups in total. The average Bonchev–Trinajstić information content (AvgIpc) is 3.09. The van der Waals surface area contributed by atoms with E-state index in [1.54, 1.807) is 4.57 Å². The first kappa shape index (κ1) is 18.8. The maximum absolute atomic E-state index is 12.0. The Morgan fingerprint density at radius 2 is 2.04 bits per heavy atom. The number of nitro groups is 1. The number of rotatable bonds is 7. The number of fused-ring (bicyclic) bond motifs is 1. The van der Waals surface area contributed by atoms with Crippen LogP contribution in [0.15, 0.2) is 48.8 Å². The molecule has 1 amide bonds. The molecule has 0 fully saturated rings. The lowest BCUT2D eigenvalue weighted by atomic mass is 10.2. The second kappa shape index (κ2) is 8.16. The van der Waals surface area contributed by atoms with Crippen molar-refractivity contribution < 1.29 is 24.0 Å². The van der Waals surface area contributed by atoms with Gasteiger partial charge in [0, 0.05) is 0 Å². The van der Waals surface area contributed by atoms with E-state index in [0.29, 0.717) is 0 Å². The zero-order valence-electron chi connectivity index (χ0n) is 14.8. The van der Waals surface area contributed by atoms with Crippen LogP contribution >= 0.6 is 0 Å². The molecule has 0 saturated carbocycles. The summed E-state index contributed by atoms with van der Waals surface area (Å²) in [5, 5.41) is 13.5. The normalized spacial score (nSPS) is 10.5. The van der Waals surface area contributed by atoms with Crippen LogP contribution in [0.5, 0.6) is 5.75 Å². The summed E-state index contributed by atoms with van der Waals surface area (Å²) in [6.45, 7) is -0.689. The van der Waals surface area contributed by atoms with Gasteiger partial charge in [0.15, 0.2) is 6.61 Å². The number of nitrogens with zero attached hydrogens (tertiary/aromatic N) is 3. The van der Waals surface area contributed by atoms with Crippen LogP contribution in [-0.4, -0.2) is 40.1 Å². The largest absolute Gasteiger partial charge is 0.496 e. The lowest BCUT2D eigenvalue weighted by molar-refractivity contribution is -0.384. The van der Waals surface area contributed by atoms with Gasteiger partial charge in [-0.25, -0.2) is 4.98 Å². The molecular weight excluding hydrogens is 368 g/mol. The van der Waals surface area contributed by atoms with Crippen molar-refractivity contribution in [3.05, 3.63) is 58.9 Å². The summed E-state index contributed by atoms with van der Waals surface area (Å²) in [7, 11) is 1.38. The maximum atomic E-state index is 12.0. The van der Waals surface area contributed by atoms with Crippen molar-refractivity contribution in [3.63, 3.8) is 0 Å². The van der Waals surface area contributed by atoms with Gasteiger partial charge in [-0.1, -0.05) is 12.1 Å². The standard InChI is InChI=1S/C18H16N4O6/c1-27-12-6-7-14(16(8-12)22(25)26)20-17(23)10-28-18(24)9-21-11-19-13-4-2-3-5-15(13)21/h2-8,11H,9-10H2,1H3,(H,20,23). The summed E-state index contributed by atoms with van der Waals surface area (Å²) in [5.41, 5.74) is 1.15. The second-order valence-corrected chi connectivity index (χ2v) is 5.71. The first-order chi connectivity index (χ1) is 13.5. The van der Waals surface area contributed by atoms with Crippen LogP contribution in [0.1, 0.15) is 0 Å². The fourth-order valence-corrected chi connectivity index (χ4v) is 2.55. The Labute approximate surface area is 158 Å². The van der Waals surface area contributed by atoms with Gasteiger partial charge in [0.2, 0.25) is 0 Å². The molecule has 0 spiro atoms. The minimum Gasteiger partial charge on any atom is -0.496 e. The maximum Gasteiger partial charge on any atom is 0.326 e. The van der Waals surface area contributed by atoms with E-state index in [0.717, 1.165) is 11.0 Å². The molecule has 28 heavy (non-hydrogen) atoms. The quantitative estimate of drug-likeness (QED) is 0.376. The summed E-state index contributed by atoms with van der Waals surface area (Å²) in [4.78, 5) is 38.6. The number of anilines is 1. The molecule has 2 aromatic carbocycles. The van der Waals surface area contributed by atoms with Crippen LogP contribution < -0.4 is 10.1 Å². The highest BCUT2D eigenvalue weighted by Gasteiger charge is 2.18. The van der Waals surface area contributed by atoms with E-state index in [1.807, 2.05) is 24.3 Å². The fourth-order valence-electron chi connectivity index (χ4n) is 2.55. The lowest BCUT2D eigenvalue weighted by Gasteiger charge is -2.09. The number of esters is 1. The van der Waals surface area contributed by atoms with Gasteiger partial charge in [0.1, 0.15) is 18.0 Å². The van der Waals surface area contributed by atoms with E-state index in [1.165, 1.54) is 31.6 Å². The third-order valence-electron chi connectivity index (χ3n) is 3.87. The van der Waals surface area contributed by atoms with Crippen molar-refractivity contribution in [2.75, 3.05) is 19.0 Å². The van der Waals surface area contributed by atoms with Crippen LogP contribution in [-0.2, 0) is 20.9 Å². The van der Waals surface area contributed by atoms with E-state index in [4.69, 9.17) is 9.47 Å². The Hall–Kier alpha value is -3.95. The van der Waals surface area contributed by atoms with E-state index < -0.39 is 23.4 Å². The Morgan fingerprint density at radius 3 is 2.79 bits per heavy atom. The summed E-state index contributed by atoms with van der Waals surface area (Å²) < 4.78 is 11.5. The van der Waals surface area contributed by atoms with Gasteiger partial charge < -0.3 is 19.4 Å². The van der Waals surface area contributed by atoms with Crippen molar-refractivity contribution in [1.29, 1.82) is 0 Å². The summed E-state index contributed by atoms with van der Waals surface area (Å²) >= 11 is 0. The van der Waals surface area contributed by atoms with Gasteiger partial charge in [-0.05, 0) is 24.3 Å². The molecule has 1 aromatic heterocycles. The van der Waals surface area contributed by atoms with E-state index in [-0.39, 0.29) is 23.7 Å². The van der Waals surface area contributed by atoms with Crippen molar-refractivity contribution in [2.24, 2.45) is 0 Å². The highest BCUT2D eigenvalue weighted by atomic mass is 16.6. The van der Waals surface area contributed by atoms with E-state index >= 15 is 0 Å². The molecule has 10 heteroatoms. The van der Waals surface area contributed by atoms with Crippen molar-refractivity contribution in [3.8, 4) is 5.75 Å². The number of amides is 1. The number of imidazole rings is 1. The fraction of sp³-hybridized carbons (Fsp3) is 0.167. The van der Waals surface area contributed by atoms with Crippen molar-refractivity contribution in [1.82, 2.24) is 9.55 Å². The average molecular weight is 384 g/mol. The molecule has 0 radical (unpaired) electrons.